The molecule has 0 radical (unpaired) electrons. The topological polar surface area (TPSA) is 90.6 Å². The normalized spacial score (nSPS) is 10.9. The molecule has 7 heteroatoms. The summed E-state index contributed by atoms with van der Waals surface area (Å²) >= 11 is 0. The Balaban J connectivity index is 1.87. The van der Waals surface area contributed by atoms with E-state index in [-0.39, 0.29) is 12.1 Å². The molecule has 0 saturated carbocycles. The van der Waals surface area contributed by atoms with Crippen LogP contribution in [0.1, 0.15) is 23.9 Å². The van der Waals surface area contributed by atoms with E-state index >= 15 is 0 Å². The highest BCUT2D eigenvalue weighted by atomic mass is 16.1. The largest absolute Gasteiger partial charge is 0.320 e. The Labute approximate surface area is 155 Å². The zero-order valence-corrected chi connectivity index (χ0v) is 15.1. The molecule has 0 aliphatic carbocycles. The van der Waals surface area contributed by atoms with Gasteiger partial charge in [0.25, 0.3) is 5.56 Å². The van der Waals surface area contributed by atoms with E-state index in [2.05, 4.69) is 33.8 Å². The van der Waals surface area contributed by atoms with E-state index in [0.717, 1.165) is 23.3 Å². The van der Waals surface area contributed by atoms with Crippen LogP contribution in [0.25, 0.3) is 22.6 Å². The van der Waals surface area contributed by atoms with Crippen LogP contribution >= 0.6 is 0 Å². The summed E-state index contributed by atoms with van der Waals surface area (Å²) in [4.78, 5) is 21.7. The lowest BCUT2D eigenvalue weighted by molar-refractivity contribution is 0.893. The quantitative estimate of drug-likeness (QED) is 0.550. The molecule has 27 heavy (non-hydrogen) atoms. The molecule has 0 amide bonds. The molecular weight excluding hydrogens is 340 g/mol. The van der Waals surface area contributed by atoms with Crippen molar-refractivity contribution in [3.8, 4) is 23.2 Å². The Morgan fingerprint density at radius 1 is 1.15 bits per heavy atom. The Bertz CT molecular complexity index is 1290. The van der Waals surface area contributed by atoms with Gasteiger partial charge in [-0.05, 0) is 31.5 Å². The number of fused-ring (bicyclic) bond motifs is 2. The second kappa shape index (κ2) is 6.67. The van der Waals surface area contributed by atoms with Gasteiger partial charge in [-0.3, -0.25) is 14.2 Å². The van der Waals surface area contributed by atoms with E-state index in [0.29, 0.717) is 22.6 Å². The molecule has 0 bridgehead atoms. The van der Waals surface area contributed by atoms with Crippen molar-refractivity contribution in [2.75, 3.05) is 6.54 Å². The van der Waals surface area contributed by atoms with Gasteiger partial charge in [-0.1, -0.05) is 18.8 Å². The number of aromatic nitrogens is 5. The molecule has 0 atom stereocenters. The maximum Gasteiger partial charge on any atom is 0.258 e. The van der Waals surface area contributed by atoms with Crippen LogP contribution in [0, 0.1) is 18.8 Å². The average Bonchev–Trinajstić information content (AvgIpc) is 3.09. The average molecular weight is 358 g/mol. The van der Waals surface area contributed by atoms with Crippen molar-refractivity contribution in [3.63, 3.8) is 0 Å². The molecule has 0 saturated heterocycles. The Hall–Kier alpha value is -3.50. The second-order valence-electron chi connectivity index (χ2n) is 6.17. The third-order valence-electron chi connectivity index (χ3n) is 4.24. The lowest BCUT2D eigenvalue weighted by Gasteiger charge is -2.02. The van der Waals surface area contributed by atoms with Crippen LogP contribution in [0.15, 0.2) is 41.5 Å². The lowest BCUT2D eigenvalue weighted by Crippen LogP contribution is -2.14. The van der Waals surface area contributed by atoms with Gasteiger partial charge in [0.15, 0.2) is 0 Å². The van der Waals surface area contributed by atoms with Crippen molar-refractivity contribution in [1.82, 2.24) is 24.0 Å². The lowest BCUT2D eigenvalue weighted by atomic mass is 10.2. The maximum absolute atomic E-state index is 12.6. The maximum atomic E-state index is 12.6. The van der Waals surface area contributed by atoms with Crippen molar-refractivity contribution in [2.24, 2.45) is 5.73 Å². The van der Waals surface area contributed by atoms with Gasteiger partial charge in [-0.25, -0.2) is 9.50 Å². The van der Waals surface area contributed by atoms with Gasteiger partial charge in [0.1, 0.15) is 11.3 Å². The van der Waals surface area contributed by atoms with Crippen LogP contribution in [0.2, 0.25) is 0 Å². The number of hydrogen-bond acceptors (Lipinski definition) is 5. The molecule has 7 nitrogen and oxygen atoms in total. The van der Waals surface area contributed by atoms with Crippen molar-refractivity contribution in [3.05, 3.63) is 64.0 Å². The van der Waals surface area contributed by atoms with Crippen molar-refractivity contribution in [1.29, 1.82) is 0 Å². The molecule has 2 N–H and O–H groups in total. The van der Waals surface area contributed by atoms with Gasteiger partial charge in [0, 0.05) is 17.8 Å². The van der Waals surface area contributed by atoms with Gasteiger partial charge in [0.2, 0.25) is 0 Å². The first-order valence-electron chi connectivity index (χ1n) is 8.67. The molecule has 4 aromatic rings. The number of hydrogen-bond donors (Lipinski definition) is 1. The van der Waals surface area contributed by atoms with Crippen LogP contribution in [-0.2, 0) is 6.42 Å². The number of nitrogens with two attached hydrogens (primary N) is 1. The van der Waals surface area contributed by atoms with Gasteiger partial charge < -0.3 is 5.73 Å². The fraction of sp³-hybridized carbons (Fsp3) is 0.200. The van der Waals surface area contributed by atoms with Gasteiger partial charge in [-0.2, -0.15) is 5.10 Å². The first-order valence-corrected chi connectivity index (χ1v) is 8.67. The molecule has 0 unspecified atom stereocenters. The minimum atomic E-state index is -0.187. The molecule has 0 aliphatic rings. The minimum Gasteiger partial charge on any atom is -0.320 e. The molecule has 4 aromatic heterocycles. The minimum absolute atomic E-state index is 0.187. The molecule has 134 valence electrons. The van der Waals surface area contributed by atoms with Crippen LogP contribution in [0.5, 0.6) is 0 Å². The van der Waals surface area contributed by atoms with Crippen molar-refractivity contribution >= 4 is 11.2 Å². The monoisotopic (exact) mass is 358 g/mol. The zero-order chi connectivity index (χ0) is 19.0. The van der Waals surface area contributed by atoms with Crippen molar-refractivity contribution in [2.45, 2.75) is 20.3 Å². The third kappa shape index (κ3) is 3.07. The fourth-order valence-corrected chi connectivity index (χ4v) is 3.03. The SMILES string of the molecule is CCc1nc(C)cn2nc(-c3cc(=O)n4cc(C#CCN)ccc4n3)cc12. The summed E-state index contributed by atoms with van der Waals surface area (Å²) in [6.45, 7) is 4.26. The van der Waals surface area contributed by atoms with Crippen LogP contribution in [0.4, 0.5) is 0 Å². The van der Waals surface area contributed by atoms with Crippen molar-refractivity contribution < 1.29 is 0 Å². The van der Waals surface area contributed by atoms with Crippen LogP contribution < -0.4 is 11.3 Å². The Kier molecular flexibility index (Phi) is 4.18. The Morgan fingerprint density at radius 3 is 2.78 bits per heavy atom. The molecule has 0 aliphatic heterocycles. The summed E-state index contributed by atoms with van der Waals surface area (Å²) < 4.78 is 3.27. The fourth-order valence-electron chi connectivity index (χ4n) is 3.03. The van der Waals surface area contributed by atoms with E-state index in [1.807, 2.05) is 25.3 Å². The number of nitrogens with zero attached hydrogens (tertiary/aromatic N) is 5. The highest BCUT2D eigenvalue weighted by Crippen LogP contribution is 2.20. The molecule has 4 heterocycles. The first-order chi connectivity index (χ1) is 13.1. The van der Waals surface area contributed by atoms with E-state index in [9.17, 15) is 4.79 Å². The first kappa shape index (κ1) is 16.9. The molecule has 0 spiro atoms. The number of aryl methyl sites for hydroxylation is 2. The van der Waals surface area contributed by atoms with Gasteiger partial charge in [-0.15, -0.1) is 0 Å². The summed E-state index contributed by atoms with van der Waals surface area (Å²) in [7, 11) is 0. The second-order valence-corrected chi connectivity index (χ2v) is 6.17. The number of pyridine rings is 1. The molecule has 0 aromatic carbocycles. The van der Waals surface area contributed by atoms with E-state index in [1.165, 1.54) is 10.5 Å². The third-order valence-corrected chi connectivity index (χ3v) is 4.24. The summed E-state index contributed by atoms with van der Waals surface area (Å²) in [5.74, 6) is 5.70. The molecule has 0 fully saturated rings. The highest BCUT2D eigenvalue weighted by Gasteiger charge is 2.12. The van der Waals surface area contributed by atoms with Gasteiger partial charge in [0.05, 0.1) is 35.3 Å². The zero-order valence-electron chi connectivity index (χ0n) is 15.1. The number of rotatable bonds is 2. The summed E-state index contributed by atoms with van der Waals surface area (Å²) in [6, 6.07) is 7.00. The molecule has 4 rings (SSSR count). The predicted molar refractivity (Wildman–Crippen MR) is 103 cm³/mol. The summed E-state index contributed by atoms with van der Waals surface area (Å²) in [5.41, 5.74) is 10.4. The Morgan fingerprint density at radius 2 is 2.00 bits per heavy atom. The smallest absolute Gasteiger partial charge is 0.258 e. The van der Waals surface area contributed by atoms with E-state index in [1.54, 1.807) is 16.8 Å². The summed E-state index contributed by atoms with van der Waals surface area (Å²) in [6.07, 6.45) is 4.34. The molecular formula is C20H18N6O. The van der Waals surface area contributed by atoms with Gasteiger partial charge >= 0.3 is 0 Å². The van der Waals surface area contributed by atoms with E-state index in [4.69, 9.17) is 5.73 Å². The standard InChI is InChI=1S/C20H18N6O/c1-3-15-18-9-17(24-26(18)11-13(2)22-15)16-10-20(27)25-12-14(5-4-8-21)6-7-19(25)23-16/h6-7,9-12H,3,8,21H2,1-2H3. The van der Waals surface area contributed by atoms with E-state index < -0.39 is 0 Å². The summed E-state index contributed by atoms with van der Waals surface area (Å²) in [5, 5.41) is 4.59. The van der Waals surface area contributed by atoms with Crippen LogP contribution in [-0.4, -0.2) is 30.5 Å². The predicted octanol–water partition coefficient (Wildman–Crippen LogP) is 1.59. The highest BCUT2D eigenvalue weighted by molar-refractivity contribution is 5.66. The van der Waals surface area contributed by atoms with Crippen LogP contribution in [0.3, 0.4) is 0 Å².